The third-order valence-electron chi connectivity index (χ3n) is 5.10. The van der Waals surface area contributed by atoms with Crippen molar-refractivity contribution in [3.05, 3.63) is 77.6 Å². The van der Waals surface area contributed by atoms with Crippen molar-refractivity contribution in [2.45, 2.75) is 25.4 Å². The number of pyridine rings is 1. The molecule has 11 heteroatoms. The monoisotopic (exact) mass is 486 g/mol. The first-order valence-electron chi connectivity index (χ1n) is 10.6. The maximum Gasteiger partial charge on any atom is 0.468 e. The summed E-state index contributed by atoms with van der Waals surface area (Å²) in [4.78, 5) is 28.7. The Bertz CT molecular complexity index is 1250. The molecule has 3 aromatic rings. The molecule has 0 aliphatic carbocycles. The molecular formula is C24H21F3N4O4. The van der Waals surface area contributed by atoms with Crippen molar-refractivity contribution >= 4 is 23.2 Å². The number of anilines is 2. The first kappa shape index (κ1) is 23.9. The van der Waals surface area contributed by atoms with Crippen molar-refractivity contribution in [1.29, 1.82) is 0 Å². The Morgan fingerprint density at radius 2 is 1.89 bits per heavy atom. The molecule has 1 unspecified atom stereocenters. The highest BCUT2D eigenvalue weighted by Crippen LogP contribution is 2.41. The van der Waals surface area contributed by atoms with Gasteiger partial charge in [-0.05, 0) is 42.0 Å². The number of ether oxygens (including phenoxy) is 2. The molecule has 1 aromatic heterocycles. The number of hydrogen-bond acceptors (Lipinski definition) is 6. The minimum Gasteiger partial charge on any atom is -0.447 e. The second kappa shape index (κ2) is 9.92. The number of carbonyl (C=O) groups is 2. The van der Waals surface area contributed by atoms with Gasteiger partial charge in [0.2, 0.25) is 5.91 Å². The van der Waals surface area contributed by atoms with Gasteiger partial charge in [-0.25, -0.2) is 0 Å². The molecule has 0 saturated carbocycles. The third-order valence-corrected chi connectivity index (χ3v) is 5.10. The molecule has 0 radical (unpaired) electrons. The number of rotatable bonds is 7. The number of nitrogens with one attached hydrogen (secondary N) is 3. The number of benzene rings is 2. The van der Waals surface area contributed by atoms with E-state index in [9.17, 15) is 22.8 Å². The molecule has 0 saturated heterocycles. The van der Waals surface area contributed by atoms with Gasteiger partial charge in [-0.3, -0.25) is 14.6 Å². The Morgan fingerprint density at radius 1 is 1.09 bits per heavy atom. The van der Waals surface area contributed by atoms with Crippen molar-refractivity contribution in [1.82, 2.24) is 10.3 Å². The molecule has 8 nitrogen and oxygen atoms in total. The molecule has 35 heavy (non-hydrogen) atoms. The Hall–Kier alpha value is -4.28. The normalized spacial score (nSPS) is 15.7. The van der Waals surface area contributed by atoms with Crippen molar-refractivity contribution < 1.29 is 32.2 Å². The van der Waals surface area contributed by atoms with Gasteiger partial charge < -0.3 is 25.4 Å². The van der Waals surface area contributed by atoms with E-state index in [2.05, 4.69) is 30.4 Å². The van der Waals surface area contributed by atoms with Crippen LogP contribution in [0.15, 0.2) is 60.8 Å². The first-order valence-corrected chi connectivity index (χ1v) is 10.6. The van der Waals surface area contributed by atoms with Gasteiger partial charge in [0.05, 0.1) is 12.0 Å². The smallest absolute Gasteiger partial charge is 0.447 e. The molecule has 2 heterocycles. The van der Waals surface area contributed by atoms with E-state index in [0.29, 0.717) is 23.5 Å². The van der Waals surface area contributed by atoms with Crippen molar-refractivity contribution in [2.75, 3.05) is 17.7 Å². The zero-order valence-corrected chi connectivity index (χ0v) is 18.5. The van der Waals surface area contributed by atoms with Crippen LogP contribution in [0.2, 0.25) is 0 Å². The van der Waals surface area contributed by atoms with Gasteiger partial charge >= 0.3 is 12.5 Å². The lowest BCUT2D eigenvalue weighted by atomic mass is 10.1. The molecule has 1 aliphatic heterocycles. The van der Waals surface area contributed by atoms with E-state index in [1.807, 2.05) is 0 Å². The second-order valence-corrected chi connectivity index (χ2v) is 7.62. The van der Waals surface area contributed by atoms with Gasteiger partial charge in [-0.1, -0.05) is 12.1 Å². The molecule has 182 valence electrons. The number of nitrogens with zero attached hydrogens (tertiary/aromatic N) is 1. The van der Waals surface area contributed by atoms with Crippen LogP contribution in [0, 0.1) is 0 Å². The Labute approximate surface area is 198 Å². The molecule has 0 spiro atoms. The Kier molecular flexibility index (Phi) is 6.76. The summed E-state index contributed by atoms with van der Waals surface area (Å²) in [6, 6.07) is 14.1. The third kappa shape index (κ3) is 5.62. The number of para-hydroxylation sites is 1. The van der Waals surface area contributed by atoms with Crippen LogP contribution < -0.4 is 25.4 Å². The SMILES string of the molecule is CNC(=O)Cc1cc(CNc2ccccc2C(=O)Nc2ccc3c(c2)OC(F)C(F)(F)O3)ccn1. The summed E-state index contributed by atoms with van der Waals surface area (Å²) in [7, 11) is 1.55. The molecule has 2 aromatic carbocycles. The minimum atomic E-state index is -4.10. The average Bonchev–Trinajstić information content (AvgIpc) is 2.84. The van der Waals surface area contributed by atoms with E-state index in [0.717, 1.165) is 11.6 Å². The van der Waals surface area contributed by atoms with E-state index in [1.54, 1.807) is 49.6 Å². The van der Waals surface area contributed by atoms with Crippen LogP contribution in [0.1, 0.15) is 21.6 Å². The van der Waals surface area contributed by atoms with Gasteiger partial charge in [-0.15, -0.1) is 0 Å². The molecule has 0 fully saturated rings. The van der Waals surface area contributed by atoms with Crippen LogP contribution >= 0.6 is 0 Å². The standard InChI is InChI=1S/C24H21F3N4O4/c1-28-21(32)12-16-10-14(8-9-29-16)13-30-18-5-3-2-4-17(18)22(33)31-15-6-7-19-20(11-15)34-23(25)24(26,27)35-19/h2-11,23,30H,12-13H2,1H3,(H,28,32)(H,31,33). The van der Waals surface area contributed by atoms with E-state index >= 15 is 0 Å². The minimum absolute atomic E-state index is 0.152. The lowest BCUT2D eigenvalue weighted by Gasteiger charge is -2.28. The van der Waals surface area contributed by atoms with Crippen LogP contribution in [0.4, 0.5) is 24.5 Å². The predicted octanol–water partition coefficient (Wildman–Crippen LogP) is 3.89. The summed E-state index contributed by atoms with van der Waals surface area (Å²) in [6.45, 7) is 0.365. The fourth-order valence-electron chi connectivity index (χ4n) is 3.35. The lowest BCUT2D eigenvalue weighted by molar-refractivity contribution is -0.281. The van der Waals surface area contributed by atoms with E-state index in [1.165, 1.54) is 12.1 Å². The van der Waals surface area contributed by atoms with Crippen molar-refractivity contribution in [3.63, 3.8) is 0 Å². The highest BCUT2D eigenvalue weighted by Gasteiger charge is 2.49. The average molecular weight is 486 g/mol. The first-order chi connectivity index (χ1) is 16.7. The number of alkyl halides is 3. The van der Waals surface area contributed by atoms with Crippen LogP contribution in [0.3, 0.4) is 0 Å². The zero-order valence-electron chi connectivity index (χ0n) is 18.5. The fourth-order valence-corrected chi connectivity index (χ4v) is 3.35. The number of hydrogen-bond donors (Lipinski definition) is 3. The van der Waals surface area contributed by atoms with Gasteiger partial charge in [0.15, 0.2) is 11.5 Å². The van der Waals surface area contributed by atoms with Crippen LogP contribution in [-0.4, -0.2) is 36.3 Å². The topological polar surface area (TPSA) is 102 Å². The van der Waals surface area contributed by atoms with E-state index in [4.69, 9.17) is 0 Å². The highest BCUT2D eigenvalue weighted by atomic mass is 19.3. The quantitative estimate of drug-likeness (QED) is 0.469. The maximum absolute atomic E-state index is 13.5. The molecular weight excluding hydrogens is 465 g/mol. The summed E-state index contributed by atoms with van der Waals surface area (Å²) in [6.07, 6.45) is -5.30. The molecule has 4 rings (SSSR count). The lowest BCUT2D eigenvalue weighted by Crippen LogP contribution is -2.43. The van der Waals surface area contributed by atoms with Gasteiger partial charge in [-0.2, -0.15) is 13.2 Å². The van der Waals surface area contributed by atoms with Gasteiger partial charge in [0.25, 0.3) is 5.91 Å². The molecule has 3 N–H and O–H groups in total. The summed E-state index contributed by atoms with van der Waals surface area (Å²) >= 11 is 0. The summed E-state index contributed by atoms with van der Waals surface area (Å²) < 4.78 is 49.0. The van der Waals surface area contributed by atoms with Crippen LogP contribution in [0.25, 0.3) is 0 Å². The largest absolute Gasteiger partial charge is 0.468 e. The number of fused-ring (bicyclic) bond motifs is 1. The molecule has 1 aliphatic rings. The zero-order chi connectivity index (χ0) is 25.0. The number of carbonyl (C=O) groups excluding carboxylic acids is 2. The number of likely N-dealkylation sites (N-methyl/N-ethyl adjacent to an activating group) is 1. The number of aromatic nitrogens is 1. The molecule has 2 amide bonds. The number of amides is 2. The second-order valence-electron chi connectivity index (χ2n) is 7.62. The summed E-state index contributed by atoms with van der Waals surface area (Å²) in [5.41, 5.74) is 2.53. The van der Waals surface area contributed by atoms with Crippen molar-refractivity contribution in [2.24, 2.45) is 0 Å². The van der Waals surface area contributed by atoms with E-state index in [-0.39, 0.29) is 29.5 Å². The molecule has 1 atom stereocenters. The Balaban J connectivity index is 1.45. The van der Waals surface area contributed by atoms with Crippen molar-refractivity contribution in [3.8, 4) is 11.5 Å². The highest BCUT2D eigenvalue weighted by molar-refractivity contribution is 6.08. The van der Waals surface area contributed by atoms with E-state index < -0.39 is 18.4 Å². The Morgan fingerprint density at radius 3 is 2.69 bits per heavy atom. The van der Waals surface area contributed by atoms with Gasteiger partial charge in [0.1, 0.15) is 0 Å². The predicted molar refractivity (Wildman–Crippen MR) is 121 cm³/mol. The number of halogens is 3. The van der Waals surface area contributed by atoms with Crippen LogP contribution in [0.5, 0.6) is 11.5 Å². The maximum atomic E-state index is 13.5. The summed E-state index contributed by atoms with van der Waals surface area (Å²) in [5, 5.41) is 8.38. The summed E-state index contributed by atoms with van der Waals surface area (Å²) in [5.74, 6) is -1.23. The van der Waals surface area contributed by atoms with Crippen LogP contribution in [-0.2, 0) is 17.8 Å². The fraction of sp³-hybridized carbons (Fsp3) is 0.208. The molecule has 0 bridgehead atoms. The van der Waals surface area contributed by atoms with Gasteiger partial charge in [0, 0.05) is 42.9 Å².